The Morgan fingerprint density at radius 1 is 0.379 bits per heavy atom. The van der Waals surface area contributed by atoms with Gasteiger partial charge in [0, 0.05) is 55.6 Å². The van der Waals surface area contributed by atoms with Crippen LogP contribution in [0.5, 0.6) is 0 Å². The number of hydrogen-bond acceptors (Lipinski definition) is 25. The maximum atomic E-state index is 14.8. The molecule has 48 nitrogen and oxygen atoms in total. The van der Waals surface area contributed by atoms with Gasteiger partial charge in [0.05, 0.1) is 31.5 Å². The number of nitrogens with two attached hydrogens (primary N) is 5. The molecule has 0 saturated heterocycles. The molecule has 0 bridgehead atoms. The van der Waals surface area contributed by atoms with Crippen molar-refractivity contribution in [2.75, 3.05) is 13.1 Å². The van der Waals surface area contributed by atoms with E-state index in [0.29, 0.717) is 22.9 Å². The molecule has 1 heterocycles. The van der Waals surface area contributed by atoms with E-state index >= 15 is 0 Å². The number of primary amides is 3. The van der Waals surface area contributed by atoms with E-state index in [4.69, 9.17) is 38.9 Å². The van der Waals surface area contributed by atoms with Crippen LogP contribution in [0.2, 0.25) is 0 Å². The van der Waals surface area contributed by atoms with Crippen molar-refractivity contribution >= 4 is 141 Å². The van der Waals surface area contributed by atoms with Gasteiger partial charge in [-0.25, -0.2) is 4.79 Å². The number of carboxylic acid groups (broad SMARTS) is 5. The minimum Gasteiger partial charge on any atom is -0.481 e. The maximum absolute atomic E-state index is 14.8. The zero-order valence-corrected chi connectivity index (χ0v) is 70.0. The third kappa shape index (κ3) is 40.1. The number of hydrogen-bond donors (Lipinski definition) is 26. The quantitative estimate of drug-likeness (QED) is 0.0274. The van der Waals surface area contributed by atoms with Gasteiger partial charge < -0.3 is 139 Å². The Hall–Kier alpha value is -13.0. The van der Waals surface area contributed by atoms with Crippen LogP contribution < -0.4 is 103 Å². The molecule has 31 N–H and O–H groups in total. The highest BCUT2D eigenvalue weighted by Crippen LogP contribution is 2.21. The summed E-state index contributed by atoms with van der Waals surface area (Å²) in [6.07, 6.45) is -8.84. The molecule has 2 rings (SSSR count). The van der Waals surface area contributed by atoms with Gasteiger partial charge in [-0.2, -0.15) is 0 Å². The molecule has 0 aliphatic rings. The second-order valence-electron chi connectivity index (χ2n) is 30.7. The van der Waals surface area contributed by atoms with E-state index in [0.717, 1.165) is 13.8 Å². The number of aromatic nitrogens is 1. The summed E-state index contributed by atoms with van der Waals surface area (Å²) in [5.41, 5.74) is 28.6. The number of amides is 17. The topological polar surface area (TPSA) is 811 Å². The molecule has 0 fully saturated rings. The SMILES string of the molecule is CC(C)C[C@H](NC(=O)[C@H](CC(N)=O)NC(=O)[C@H](CC(=O)O)NC(=O)[C@H](Cc1c[nH]c2ccccc12)NC(=O)[C@@H](NC(=O)[C@@H](NC(=O)[C@H](CCC(N)=O)NC(=O)[C@H](C)NC(=O)[C@H](CCC(=O)O)NC(=O)CNC(=O)[C@H](CC(C)C)NC(=O)[C@@H](N)CCC(=O)O)[C@@H](C)O)C(C)C)C(=O)N[C@@H](CCC(N)=O)C(=O)N[C@@H](CCCCN)C(=O)N[C@@H](CCC(=O)O)C(=O)O. The third-order valence-electron chi connectivity index (χ3n) is 18.7. The first-order valence-corrected chi connectivity index (χ1v) is 39.8. The number of H-pyrrole nitrogens is 1. The van der Waals surface area contributed by atoms with Gasteiger partial charge in [-0.3, -0.25) is 101 Å². The number of nitrogens with one attached hydrogen (secondary N) is 15. The second-order valence-corrected chi connectivity index (χ2v) is 30.7. The Morgan fingerprint density at radius 3 is 1.27 bits per heavy atom. The van der Waals surface area contributed by atoms with E-state index in [2.05, 4.69) is 79.4 Å². The van der Waals surface area contributed by atoms with Crippen LogP contribution in [0.25, 0.3) is 10.9 Å². The van der Waals surface area contributed by atoms with Crippen molar-refractivity contribution in [1.29, 1.82) is 0 Å². The lowest BCUT2D eigenvalue weighted by Gasteiger charge is -2.30. The molecule has 0 spiro atoms. The first kappa shape index (κ1) is 107. The minimum atomic E-state index is -2.21. The fourth-order valence-corrected chi connectivity index (χ4v) is 12.1. The van der Waals surface area contributed by atoms with Crippen LogP contribution in [0.1, 0.15) is 170 Å². The van der Waals surface area contributed by atoms with Gasteiger partial charge in [-0.05, 0) is 114 Å². The number of aliphatic hydroxyl groups is 1. The number of fused-ring (bicyclic) bond motifs is 1. The summed E-state index contributed by atoms with van der Waals surface area (Å²) in [5.74, 6) is -28.8. The van der Waals surface area contributed by atoms with E-state index in [1.165, 1.54) is 20.0 Å². The Morgan fingerprint density at radius 2 is 0.774 bits per heavy atom. The lowest BCUT2D eigenvalue weighted by Crippen LogP contribution is -2.63. The Bertz CT molecular complexity index is 4140. The molecule has 124 heavy (non-hydrogen) atoms. The van der Waals surface area contributed by atoms with E-state index in [1.807, 2.05) is 0 Å². The highest BCUT2D eigenvalue weighted by atomic mass is 16.4. The van der Waals surface area contributed by atoms with Crippen LogP contribution in [-0.2, 0) is 112 Å². The second kappa shape index (κ2) is 53.7. The largest absolute Gasteiger partial charge is 0.481 e. The summed E-state index contributed by atoms with van der Waals surface area (Å²) >= 11 is 0. The first-order chi connectivity index (χ1) is 57.9. The average Bonchev–Trinajstić information content (AvgIpc) is 1.68. The number of rotatable bonds is 60. The highest BCUT2D eigenvalue weighted by Gasteiger charge is 2.40. The molecular formula is C76H118N20O28. The lowest BCUT2D eigenvalue weighted by molar-refractivity contribution is -0.144. The molecule has 17 amide bonds. The number of carboxylic acids is 5. The fourth-order valence-electron chi connectivity index (χ4n) is 12.1. The smallest absolute Gasteiger partial charge is 0.326 e. The van der Waals surface area contributed by atoms with Crippen LogP contribution in [0.15, 0.2) is 30.5 Å². The van der Waals surface area contributed by atoms with Crippen LogP contribution >= 0.6 is 0 Å². The zero-order chi connectivity index (χ0) is 94.1. The molecule has 2 aromatic rings. The van der Waals surface area contributed by atoms with Gasteiger partial charge >= 0.3 is 29.8 Å². The van der Waals surface area contributed by atoms with Crippen molar-refractivity contribution in [2.24, 2.45) is 46.4 Å². The predicted octanol–water partition coefficient (Wildman–Crippen LogP) is -7.71. The first-order valence-electron chi connectivity index (χ1n) is 39.8. The van der Waals surface area contributed by atoms with Crippen molar-refractivity contribution in [3.8, 4) is 0 Å². The normalized spacial score (nSPS) is 14.8. The number of benzene rings is 1. The molecule has 1 aromatic carbocycles. The highest BCUT2D eigenvalue weighted by molar-refractivity contribution is 6.02. The number of carbonyl (C=O) groups excluding carboxylic acids is 17. The van der Waals surface area contributed by atoms with E-state index < -0.39 is 316 Å². The number of carbonyl (C=O) groups is 22. The van der Waals surface area contributed by atoms with Gasteiger partial charge in [0.1, 0.15) is 78.5 Å². The third-order valence-corrected chi connectivity index (χ3v) is 18.7. The molecule has 15 atom stereocenters. The Balaban J connectivity index is 2.54. The summed E-state index contributed by atoms with van der Waals surface area (Å²) in [6, 6.07) is -17.9. The fraction of sp³-hybridized carbons (Fsp3) is 0.605. The number of para-hydroxylation sites is 1. The number of aromatic amines is 1. The van der Waals surface area contributed by atoms with E-state index in [-0.39, 0.29) is 44.6 Å². The summed E-state index contributed by atoms with van der Waals surface area (Å²) in [4.78, 5) is 294. The molecule has 0 unspecified atom stereocenters. The molecule has 1 aromatic heterocycles. The van der Waals surface area contributed by atoms with Crippen LogP contribution in [0.3, 0.4) is 0 Å². The number of aliphatic carboxylic acids is 5. The van der Waals surface area contributed by atoms with Gasteiger partial charge in [0.2, 0.25) is 100 Å². The van der Waals surface area contributed by atoms with Gasteiger partial charge in [-0.15, -0.1) is 0 Å². The van der Waals surface area contributed by atoms with Crippen LogP contribution in [-0.4, -0.2) is 270 Å². The van der Waals surface area contributed by atoms with Crippen LogP contribution in [0.4, 0.5) is 0 Å². The average molecular weight is 1760 g/mol. The standard InChI is InChI=1S/C76H118N20O28/c1-34(2)27-48(90-64(111)41(78)16-23-57(102)103)65(112)83-33-56(101)85-44(19-24-58(104)105)66(113)84-37(7)63(110)86-46(18-22-54(80)99)69(116)96-62(38(8)97)75(122)95-61(36(5)6)74(121)94-50(29-39-32-82-42-14-10-9-13-40(39)42)71(118)93-52(31-60(108)109)73(120)92-51(30-55(81)100)72(119)91-49(28-35(3)4)70(117)88-45(17-21-53(79)98)68(115)87-43(15-11-12-26-77)67(114)89-47(76(123)124)20-25-59(106)107/h9-10,13-14,32,34-38,41,43-52,61-62,82,97H,11-12,15-31,33,77-78H2,1-8H3,(H2,79,98)(H2,80,99)(H2,81,100)(H,83,112)(H,84,113)(H,85,101)(H,86,110)(H,87,115)(H,88,117)(H,89,114)(H,90,111)(H,91,119)(H,92,120)(H,93,118)(H,94,121)(H,95,122)(H,96,116)(H,102,103)(H,104,105)(H,106,107)(H,108,109)(H,123,124)/t37-,38+,41-,43-,44-,45-,46-,47-,48-,49-,50-,51-,52-,61-,62-/m0/s1. The van der Waals surface area contributed by atoms with Crippen molar-refractivity contribution in [3.05, 3.63) is 36.0 Å². The molecule has 48 heteroatoms. The molecule has 0 saturated carbocycles. The summed E-state index contributed by atoms with van der Waals surface area (Å²) < 4.78 is 0. The number of aliphatic hydroxyl groups excluding tert-OH is 1. The number of unbranched alkanes of at least 4 members (excludes halogenated alkanes) is 1. The van der Waals surface area contributed by atoms with Crippen molar-refractivity contribution in [2.45, 2.75) is 262 Å². The van der Waals surface area contributed by atoms with Crippen molar-refractivity contribution < 1.29 is 136 Å². The summed E-state index contributed by atoms with van der Waals surface area (Å²) in [5, 5.41) is 91.3. The van der Waals surface area contributed by atoms with Crippen molar-refractivity contribution in [1.82, 2.24) is 79.4 Å². The molecular weight excluding hydrogens is 1640 g/mol. The monoisotopic (exact) mass is 1760 g/mol. The van der Waals surface area contributed by atoms with E-state index in [1.54, 1.807) is 52.0 Å². The summed E-state index contributed by atoms with van der Waals surface area (Å²) in [6.45, 7) is 10.8. The van der Waals surface area contributed by atoms with Crippen LogP contribution in [0, 0.1) is 17.8 Å². The minimum absolute atomic E-state index is 0.0228. The van der Waals surface area contributed by atoms with Gasteiger partial charge in [-0.1, -0.05) is 59.7 Å². The molecule has 0 aliphatic heterocycles. The van der Waals surface area contributed by atoms with Crippen molar-refractivity contribution in [3.63, 3.8) is 0 Å². The van der Waals surface area contributed by atoms with Gasteiger partial charge in [0.25, 0.3) is 0 Å². The predicted molar refractivity (Wildman–Crippen MR) is 433 cm³/mol. The molecule has 0 aliphatic carbocycles. The molecule has 0 radical (unpaired) electrons. The lowest BCUT2D eigenvalue weighted by atomic mass is 9.99. The zero-order valence-electron chi connectivity index (χ0n) is 70.0. The van der Waals surface area contributed by atoms with Gasteiger partial charge in [0.15, 0.2) is 0 Å². The Labute approximate surface area is 711 Å². The Kier molecular flexibility index (Phi) is 46.3. The maximum Gasteiger partial charge on any atom is 0.326 e. The summed E-state index contributed by atoms with van der Waals surface area (Å²) in [7, 11) is 0. The molecule has 690 valence electrons. The van der Waals surface area contributed by atoms with E-state index in [9.17, 15) is 126 Å².